The van der Waals surface area contributed by atoms with Crippen LogP contribution in [-0.2, 0) is 4.79 Å². The van der Waals surface area contributed by atoms with Gasteiger partial charge in [-0.3, -0.25) is 4.79 Å². The molecule has 2 fully saturated rings. The van der Waals surface area contributed by atoms with E-state index in [9.17, 15) is 4.79 Å². The number of carbonyl (C=O) groups excluding carboxylic acids is 1. The molecule has 1 N–H and O–H groups in total. The van der Waals surface area contributed by atoms with Gasteiger partial charge in [0.2, 0.25) is 5.91 Å². The lowest BCUT2D eigenvalue weighted by molar-refractivity contribution is -0.141. The third-order valence-electron chi connectivity index (χ3n) is 4.67. The second kappa shape index (κ2) is 6.25. The van der Waals surface area contributed by atoms with E-state index in [0.717, 1.165) is 24.9 Å². The number of nitrogens with zero attached hydrogens (tertiary/aromatic N) is 1. The highest BCUT2D eigenvalue weighted by molar-refractivity contribution is 5.81. The van der Waals surface area contributed by atoms with Gasteiger partial charge in [0.25, 0.3) is 0 Å². The molecule has 0 aromatic rings. The van der Waals surface area contributed by atoms with Crippen molar-refractivity contribution < 1.29 is 4.79 Å². The van der Waals surface area contributed by atoms with E-state index in [4.69, 9.17) is 0 Å². The first-order valence-electron chi connectivity index (χ1n) is 7.97. The number of piperidine rings is 2. The van der Waals surface area contributed by atoms with E-state index in [1.807, 2.05) is 20.8 Å². The number of hydrogen-bond donors (Lipinski definition) is 1. The highest BCUT2D eigenvalue weighted by atomic mass is 16.2. The Morgan fingerprint density at radius 1 is 1.05 bits per heavy atom. The highest BCUT2D eigenvalue weighted by Crippen LogP contribution is 2.30. The summed E-state index contributed by atoms with van der Waals surface area (Å²) in [5.41, 5.74) is -0.220. The van der Waals surface area contributed by atoms with Crippen molar-refractivity contribution >= 4 is 5.91 Å². The standard InChI is InChI=1S/C16H30N2O/c1-16(2,3)15(19)18-10-6-14(7-11-18)12-13-4-8-17-9-5-13/h13-14,17H,4-12H2,1-3H3. The molecular formula is C16H30N2O. The molecule has 0 aliphatic carbocycles. The van der Waals surface area contributed by atoms with Crippen LogP contribution in [0.2, 0.25) is 0 Å². The van der Waals surface area contributed by atoms with Gasteiger partial charge in [-0.15, -0.1) is 0 Å². The Morgan fingerprint density at radius 2 is 1.58 bits per heavy atom. The van der Waals surface area contributed by atoms with Crippen LogP contribution < -0.4 is 5.32 Å². The van der Waals surface area contributed by atoms with E-state index < -0.39 is 0 Å². The fourth-order valence-electron chi connectivity index (χ4n) is 3.43. The van der Waals surface area contributed by atoms with Gasteiger partial charge in [-0.1, -0.05) is 20.8 Å². The van der Waals surface area contributed by atoms with Crippen LogP contribution in [0.1, 0.15) is 52.9 Å². The summed E-state index contributed by atoms with van der Waals surface area (Å²) in [6, 6.07) is 0. The molecule has 0 unspecified atom stereocenters. The van der Waals surface area contributed by atoms with Crippen molar-refractivity contribution in [3.05, 3.63) is 0 Å². The van der Waals surface area contributed by atoms with Crippen LogP contribution in [-0.4, -0.2) is 37.0 Å². The molecule has 110 valence electrons. The molecule has 1 amide bonds. The molecule has 3 heteroatoms. The molecule has 3 nitrogen and oxygen atoms in total. The van der Waals surface area contributed by atoms with E-state index >= 15 is 0 Å². The van der Waals surface area contributed by atoms with Gasteiger partial charge in [0.1, 0.15) is 0 Å². The molecule has 0 bridgehead atoms. The van der Waals surface area contributed by atoms with Crippen LogP contribution in [0.5, 0.6) is 0 Å². The Kier molecular flexibility index (Phi) is 4.88. The Hall–Kier alpha value is -0.570. The maximum atomic E-state index is 12.2. The van der Waals surface area contributed by atoms with Crippen LogP contribution >= 0.6 is 0 Å². The number of likely N-dealkylation sites (tertiary alicyclic amines) is 1. The van der Waals surface area contributed by atoms with Gasteiger partial charge < -0.3 is 10.2 Å². The van der Waals surface area contributed by atoms with Crippen LogP contribution in [0.25, 0.3) is 0 Å². The molecule has 0 spiro atoms. The normalized spacial score (nSPS) is 23.6. The Bertz CT molecular complexity index is 294. The minimum Gasteiger partial charge on any atom is -0.342 e. The Morgan fingerprint density at radius 3 is 2.11 bits per heavy atom. The van der Waals surface area contributed by atoms with Gasteiger partial charge in [0.05, 0.1) is 0 Å². The molecule has 0 atom stereocenters. The maximum Gasteiger partial charge on any atom is 0.227 e. The number of nitrogens with one attached hydrogen (secondary N) is 1. The third-order valence-corrected chi connectivity index (χ3v) is 4.67. The third kappa shape index (κ3) is 4.20. The zero-order chi connectivity index (χ0) is 13.9. The van der Waals surface area contributed by atoms with Crippen molar-refractivity contribution in [3.8, 4) is 0 Å². The zero-order valence-electron chi connectivity index (χ0n) is 12.9. The van der Waals surface area contributed by atoms with E-state index in [1.165, 1.54) is 45.2 Å². The van der Waals surface area contributed by atoms with E-state index in [2.05, 4.69) is 10.2 Å². The molecule has 2 aliphatic heterocycles. The first kappa shape index (κ1) is 14.8. The lowest BCUT2D eigenvalue weighted by atomic mass is 9.82. The molecule has 2 saturated heterocycles. The quantitative estimate of drug-likeness (QED) is 0.833. The van der Waals surface area contributed by atoms with Crippen molar-refractivity contribution in [1.82, 2.24) is 10.2 Å². The minimum absolute atomic E-state index is 0.220. The Balaban J connectivity index is 1.74. The van der Waals surface area contributed by atoms with Crippen LogP contribution in [0.4, 0.5) is 0 Å². The average Bonchev–Trinajstić information content (AvgIpc) is 2.39. The van der Waals surface area contributed by atoms with Crippen LogP contribution in [0, 0.1) is 17.3 Å². The SMILES string of the molecule is CC(C)(C)C(=O)N1CCC(CC2CCNCC2)CC1. The monoisotopic (exact) mass is 266 g/mol. The maximum absolute atomic E-state index is 12.2. The molecule has 0 radical (unpaired) electrons. The summed E-state index contributed by atoms with van der Waals surface area (Å²) in [6.45, 7) is 10.4. The second-order valence-corrected chi connectivity index (χ2v) is 7.41. The van der Waals surface area contributed by atoms with Crippen molar-refractivity contribution in [1.29, 1.82) is 0 Å². The van der Waals surface area contributed by atoms with Crippen molar-refractivity contribution in [2.75, 3.05) is 26.2 Å². The summed E-state index contributed by atoms with van der Waals surface area (Å²) in [5, 5.41) is 3.44. The molecule has 2 rings (SSSR count). The molecular weight excluding hydrogens is 236 g/mol. The predicted octanol–water partition coefficient (Wildman–Crippen LogP) is 2.66. The number of rotatable bonds is 2. The highest BCUT2D eigenvalue weighted by Gasteiger charge is 2.31. The second-order valence-electron chi connectivity index (χ2n) is 7.41. The van der Waals surface area contributed by atoms with Gasteiger partial charge in [0, 0.05) is 18.5 Å². The van der Waals surface area contributed by atoms with E-state index in [1.54, 1.807) is 0 Å². The summed E-state index contributed by atoms with van der Waals surface area (Å²) in [7, 11) is 0. The molecule has 19 heavy (non-hydrogen) atoms. The molecule has 0 aromatic heterocycles. The van der Waals surface area contributed by atoms with Crippen molar-refractivity contribution in [2.24, 2.45) is 17.3 Å². The lowest BCUT2D eigenvalue weighted by Gasteiger charge is -2.37. The first-order valence-corrected chi connectivity index (χ1v) is 7.97. The van der Waals surface area contributed by atoms with Gasteiger partial charge in [-0.05, 0) is 57.0 Å². The summed E-state index contributed by atoms with van der Waals surface area (Å²) < 4.78 is 0. The van der Waals surface area contributed by atoms with E-state index in [0.29, 0.717) is 5.91 Å². The summed E-state index contributed by atoms with van der Waals surface area (Å²) >= 11 is 0. The van der Waals surface area contributed by atoms with E-state index in [-0.39, 0.29) is 5.41 Å². The topological polar surface area (TPSA) is 32.3 Å². The number of carbonyl (C=O) groups is 1. The number of hydrogen-bond acceptors (Lipinski definition) is 2. The largest absolute Gasteiger partial charge is 0.342 e. The molecule has 2 aliphatic rings. The average molecular weight is 266 g/mol. The van der Waals surface area contributed by atoms with Crippen molar-refractivity contribution in [3.63, 3.8) is 0 Å². The summed E-state index contributed by atoms with van der Waals surface area (Å²) in [6.07, 6.45) is 6.51. The minimum atomic E-state index is -0.220. The molecule has 2 heterocycles. The van der Waals surface area contributed by atoms with Crippen molar-refractivity contribution in [2.45, 2.75) is 52.9 Å². The summed E-state index contributed by atoms with van der Waals surface area (Å²) in [5.74, 6) is 2.11. The van der Waals surface area contributed by atoms with Gasteiger partial charge in [-0.2, -0.15) is 0 Å². The van der Waals surface area contributed by atoms with Crippen LogP contribution in [0.3, 0.4) is 0 Å². The molecule has 0 aromatic carbocycles. The number of amides is 1. The lowest BCUT2D eigenvalue weighted by Crippen LogP contribution is -2.44. The predicted molar refractivity (Wildman–Crippen MR) is 79.0 cm³/mol. The van der Waals surface area contributed by atoms with Gasteiger partial charge in [0.15, 0.2) is 0 Å². The van der Waals surface area contributed by atoms with Gasteiger partial charge >= 0.3 is 0 Å². The Labute approximate surface area is 118 Å². The molecule has 0 saturated carbocycles. The smallest absolute Gasteiger partial charge is 0.227 e. The van der Waals surface area contributed by atoms with Crippen LogP contribution in [0.15, 0.2) is 0 Å². The fraction of sp³-hybridized carbons (Fsp3) is 0.938. The first-order chi connectivity index (χ1) is 8.97. The summed E-state index contributed by atoms with van der Waals surface area (Å²) in [4.78, 5) is 14.3. The zero-order valence-corrected chi connectivity index (χ0v) is 12.9. The van der Waals surface area contributed by atoms with Gasteiger partial charge in [-0.25, -0.2) is 0 Å². The fourth-order valence-corrected chi connectivity index (χ4v) is 3.43.